The molecule has 0 radical (unpaired) electrons. The summed E-state index contributed by atoms with van der Waals surface area (Å²) in [7, 11) is 4.48. The van der Waals surface area contributed by atoms with Crippen molar-refractivity contribution in [2.75, 3.05) is 40.3 Å². The summed E-state index contributed by atoms with van der Waals surface area (Å²) < 4.78 is 0. The van der Waals surface area contributed by atoms with Crippen molar-refractivity contribution in [1.82, 2.24) is 9.80 Å². The molecule has 0 saturated carbocycles. The van der Waals surface area contributed by atoms with Gasteiger partial charge in [0.1, 0.15) is 0 Å². The van der Waals surface area contributed by atoms with Crippen LogP contribution in [0.25, 0.3) is 0 Å². The minimum absolute atomic E-state index is 1.000. The Morgan fingerprint density at radius 3 is 2.17 bits per heavy atom. The molecule has 2 heteroatoms. The molecule has 0 aromatic heterocycles. The second-order valence-corrected chi connectivity index (χ2v) is 4.65. The Balaban J connectivity index is 1.80. The lowest BCUT2D eigenvalue weighted by molar-refractivity contribution is 0.0458. The fourth-order valence-corrected chi connectivity index (χ4v) is 2.64. The molecule has 2 fully saturated rings. The lowest BCUT2D eigenvalue weighted by Crippen LogP contribution is -2.51. The Morgan fingerprint density at radius 1 is 0.917 bits per heavy atom. The van der Waals surface area contributed by atoms with Crippen molar-refractivity contribution in [1.29, 1.82) is 0 Å². The van der Waals surface area contributed by atoms with E-state index in [1.54, 1.807) is 0 Å². The number of nitrogens with zero attached hydrogens (tertiary/aromatic N) is 2. The summed E-state index contributed by atoms with van der Waals surface area (Å²) in [6.07, 6.45) is 2.89. The van der Waals surface area contributed by atoms with Crippen molar-refractivity contribution in [2.24, 2.45) is 11.8 Å². The third-order valence-corrected chi connectivity index (χ3v) is 3.42. The summed E-state index contributed by atoms with van der Waals surface area (Å²) in [6.45, 7) is 5.36. The molecule has 0 amide bonds. The maximum absolute atomic E-state index is 2.49. The average Bonchev–Trinajstić information content (AvgIpc) is 1.99. The second kappa shape index (κ2) is 3.35. The summed E-state index contributed by atoms with van der Waals surface area (Å²) in [6, 6.07) is 0. The number of hydrogen-bond acceptors (Lipinski definition) is 2. The van der Waals surface area contributed by atoms with E-state index in [2.05, 4.69) is 23.9 Å². The van der Waals surface area contributed by atoms with Crippen LogP contribution in [0.15, 0.2) is 0 Å². The standard InChI is InChI=1S/C10H20N2/c1-11-5-3-4-9(6-11)10-7-12(2)8-10/h9-10H,3-8H2,1-2H3. The number of hydrogen-bond donors (Lipinski definition) is 0. The first-order valence-electron chi connectivity index (χ1n) is 5.13. The van der Waals surface area contributed by atoms with Crippen LogP contribution in [-0.2, 0) is 0 Å². The highest BCUT2D eigenvalue weighted by Crippen LogP contribution is 2.29. The van der Waals surface area contributed by atoms with Crippen LogP contribution < -0.4 is 0 Å². The smallest absolute Gasteiger partial charge is 0.00221 e. The normalized spacial score (nSPS) is 35.0. The predicted molar refractivity (Wildman–Crippen MR) is 51.2 cm³/mol. The largest absolute Gasteiger partial charge is 0.306 e. The average molecular weight is 168 g/mol. The molecule has 1 unspecified atom stereocenters. The van der Waals surface area contributed by atoms with Crippen LogP contribution >= 0.6 is 0 Å². The summed E-state index contributed by atoms with van der Waals surface area (Å²) in [5, 5.41) is 0. The molecule has 0 aromatic carbocycles. The first-order chi connectivity index (χ1) is 5.75. The van der Waals surface area contributed by atoms with Crippen molar-refractivity contribution in [3.05, 3.63) is 0 Å². The van der Waals surface area contributed by atoms with E-state index in [0.717, 1.165) is 11.8 Å². The molecule has 2 aliphatic heterocycles. The molecular weight excluding hydrogens is 148 g/mol. The lowest BCUT2D eigenvalue weighted by atomic mass is 9.81. The highest BCUT2D eigenvalue weighted by molar-refractivity contribution is 4.86. The van der Waals surface area contributed by atoms with Gasteiger partial charge in [-0.3, -0.25) is 0 Å². The zero-order valence-electron chi connectivity index (χ0n) is 8.29. The quantitative estimate of drug-likeness (QED) is 0.574. The Labute approximate surface area is 75.5 Å². The van der Waals surface area contributed by atoms with E-state index >= 15 is 0 Å². The SMILES string of the molecule is CN1CCCC(C2CN(C)C2)C1. The molecule has 1 atom stereocenters. The fraction of sp³-hybridized carbons (Fsp3) is 1.00. The highest BCUT2D eigenvalue weighted by atomic mass is 15.2. The van der Waals surface area contributed by atoms with Gasteiger partial charge in [0.15, 0.2) is 0 Å². The molecule has 2 heterocycles. The van der Waals surface area contributed by atoms with E-state index in [0.29, 0.717) is 0 Å². The zero-order valence-corrected chi connectivity index (χ0v) is 8.29. The van der Waals surface area contributed by atoms with Gasteiger partial charge in [-0.1, -0.05) is 0 Å². The molecule has 12 heavy (non-hydrogen) atoms. The Bertz CT molecular complexity index is 152. The molecule has 70 valence electrons. The Hall–Kier alpha value is -0.0800. The minimum atomic E-state index is 1.000. The fourth-order valence-electron chi connectivity index (χ4n) is 2.64. The third-order valence-electron chi connectivity index (χ3n) is 3.42. The van der Waals surface area contributed by atoms with Gasteiger partial charge in [0.05, 0.1) is 0 Å². The van der Waals surface area contributed by atoms with E-state index < -0.39 is 0 Å². The van der Waals surface area contributed by atoms with E-state index in [4.69, 9.17) is 0 Å². The van der Waals surface area contributed by atoms with Crippen molar-refractivity contribution in [3.63, 3.8) is 0 Å². The van der Waals surface area contributed by atoms with Crippen LogP contribution in [0.4, 0.5) is 0 Å². The molecule has 0 spiro atoms. The second-order valence-electron chi connectivity index (χ2n) is 4.65. The van der Waals surface area contributed by atoms with Crippen molar-refractivity contribution in [2.45, 2.75) is 12.8 Å². The monoisotopic (exact) mass is 168 g/mol. The number of rotatable bonds is 1. The van der Waals surface area contributed by atoms with Crippen molar-refractivity contribution >= 4 is 0 Å². The van der Waals surface area contributed by atoms with Crippen LogP contribution in [-0.4, -0.2) is 50.1 Å². The van der Waals surface area contributed by atoms with E-state index in [1.165, 1.54) is 39.0 Å². The Kier molecular flexibility index (Phi) is 2.37. The molecule has 2 saturated heterocycles. The van der Waals surface area contributed by atoms with Gasteiger partial charge >= 0.3 is 0 Å². The molecule has 2 aliphatic rings. The van der Waals surface area contributed by atoms with Gasteiger partial charge in [-0.25, -0.2) is 0 Å². The summed E-state index contributed by atoms with van der Waals surface area (Å²) in [5.41, 5.74) is 0. The van der Waals surface area contributed by atoms with Crippen LogP contribution in [0, 0.1) is 11.8 Å². The number of likely N-dealkylation sites (tertiary alicyclic amines) is 2. The van der Waals surface area contributed by atoms with E-state index in [1.807, 2.05) is 0 Å². The summed E-state index contributed by atoms with van der Waals surface area (Å²) in [4.78, 5) is 4.92. The van der Waals surface area contributed by atoms with Gasteiger partial charge in [0, 0.05) is 19.6 Å². The highest BCUT2D eigenvalue weighted by Gasteiger charge is 2.32. The third kappa shape index (κ3) is 1.64. The van der Waals surface area contributed by atoms with Gasteiger partial charge in [-0.15, -0.1) is 0 Å². The molecule has 0 aliphatic carbocycles. The maximum Gasteiger partial charge on any atom is 0.00221 e. The van der Waals surface area contributed by atoms with Gasteiger partial charge in [0.25, 0.3) is 0 Å². The first-order valence-corrected chi connectivity index (χ1v) is 5.13. The van der Waals surface area contributed by atoms with Crippen LogP contribution in [0.5, 0.6) is 0 Å². The van der Waals surface area contributed by atoms with Crippen molar-refractivity contribution < 1.29 is 0 Å². The lowest BCUT2D eigenvalue weighted by Gasteiger charge is -2.44. The van der Waals surface area contributed by atoms with Crippen LogP contribution in [0.3, 0.4) is 0 Å². The van der Waals surface area contributed by atoms with Gasteiger partial charge in [0.2, 0.25) is 0 Å². The molecule has 2 rings (SSSR count). The van der Waals surface area contributed by atoms with Gasteiger partial charge < -0.3 is 9.80 Å². The summed E-state index contributed by atoms with van der Waals surface area (Å²) >= 11 is 0. The molecule has 0 bridgehead atoms. The predicted octanol–water partition coefficient (Wildman–Crippen LogP) is 0.890. The molecule has 2 nitrogen and oxygen atoms in total. The van der Waals surface area contributed by atoms with Gasteiger partial charge in [-0.2, -0.15) is 0 Å². The zero-order chi connectivity index (χ0) is 8.55. The van der Waals surface area contributed by atoms with Crippen molar-refractivity contribution in [3.8, 4) is 0 Å². The minimum Gasteiger partial charge on any atom is -0.306 e. The van der Waals surface area contributed by atoms with E-state index in [9.17, 15) is 0 Å². The maximum atomic E-state index is 2.49. The Morgan fingerprint density at radius 2 is 1.58 bits per heavy atom. The topological polar surface area (TPSA) is 6.48 Å². The summed E-state index contributed by atoms with van der Waals surface area (Å²) in [5.74, 6) is 2.01. The van der Waals surface area contributed by atoms with Crippen LogP contribution in [0.2, 0.25) is 0 Å². The molecule has 0 aromatic rings. The molecule has 0 N–H and O–H groups in total. The van der Waals surface area contributed by atoms with Gasteiger partial charge in [-0.05, 0) is 45.3 Å². The molecular formula is C10H20N2. The van der Waals surface area contributed by atoms with E-state index in [-0.39, 0.29) is 0 Å². The first kappa shape index (κ1) is 8.52. The van der Waals surface area contributed by atoms with Crippen LogP contribution in [0.1, 0.15) is 12.8 Å². The number of piperidine rings is 1.